The minimum Gasteiger partial charge on any atom is -0.303 e. The number of halogens is 2. The van der Waals surface area contributed by atoms with Crippen LogP contribution in [0.25, 0.3) is 0 Å². The van der Waals surface area contributed by atoms with Gasteiger partial charge in [-0.15, -0.1) is 23.2 Å². The zero-order valence-corrected chi connectivity index (χ0v) is 5.92. The van der Waals surface area contributed by atoms with Gasteiger partial charge in [-0.05, 0) is 14.0 Å². The molecule has 0 amide bonds. The molecule has 0 saturated carbocycles. The van der Waals surface area contributed by atoms with E-state index in [2.05, 4.69) is 5.32 Å². The quantitative estimate of drug-likeness (QED) is 0.453. The van der Waals surface area contributed by atoms with Gasteiger partial charge in [0.1, 0.15) is 0 Å². The molecule has 1 nitrogen and oxygen atoms in total. The van der Waals surface area contributed by atoms with Gasteiger partial charge in [0.15, 0.2) is 0 Å². The van der Waals surface area contributed by atoms with Crippen LogP contribution < -0.4 is 5.32 Å². The average Bonchev–Trinajstić information content (AvgIpc) is 1.65. The van der Waals surface area contributed by atoms with Gasteiger partial charge in [-0.3, -0.25) is 0 Å². The molecule has 0 rings (SSSR count). The Morgan fingerprint density at radius 1 is 1.43 bits per heavy atom. The molecule has 0 aromatic heterocycles. The molecule has 0 aliphatic carbocycles. The van der Waals surface area contributed by atoms with Crippen LogP contribution in [0, 0.1) is 0 Å². The summed E-state index contributed by atoms with van der Waals surface area (Å²) in [4.78, 5) is 0. The molecule has 7 heavy (non-hydrogen) atoms. The van der Waals surface area contributed by atoms with Crippen LogP contribution in [0.1, 0.15) is 6.92 Å². The van der Waals surface area contributed by atoms with E-state index in [0.717, 1.165) is 0 Å². The van der Waals surface area contributed by atoms with Crippen molar-refractivity contribution in [1.82, 2.24) is 5.32 Å². The normalized spacial score (nSPS) is 18.9. The Morgan fingerprint density at radius 2 is 1.86 bits per heavy atom. The summed E-state index contributed by atoms with van der Waals surface area (Å²) in [6.07, 6.45) is 0. The first-order valence-corrected chi connectivity index (χ1v) is 3.01. The molecule has 0 bridgehead atoms. The van der Waals surface area contributed by atoms with Crippen molar-refractivity contribution in [3.63, 3.8) is 0 Å². The summed E-state index contributed by atoms with van der Waals surface area (Å²) >= 11 is 11.1. The Labute approximate surface area is 54.0 Å². The van der Waals surface area contributed by atoms with Gasteiger partial charge in [-0.2, -0.15) is 0 Å². The Morgan fingerprint density at radius 3 is 1.86 bits per heavy atom. The van der Waals surface area contributed by atoms with Gasteiger partial charge in [-0.25, -0.2) is 0 Å². The number of alkyl halides is 2. The minimum absolute atomic E-state index is 0.00772. The van der Waals surface area contributed by atoms with Gasteiger partial charge >= 0.3 is 0 Å². The van der Waals surface area contributed by atoms with E-state index in [-0.39, 0.29) is 10.9 Å². The smallest absolute Gasteiger partial charge is 0.0985 e. The Bertz CT molecular complexity index is 47.0. The first kappa shape index (κ1) is 7.54. The first-order chi connectivity index (χ1) is 3.18. The molecular weight excluding hydrogens is 133 g/mol. The second kappa shape index (κ2) is 3.53. The maximum atomic E-state index is 5.56. The zero-order valence-electron chi connectivity index (χ0n) is 4.41. The molecule has 0 radical (unpaired) electrons. The number of nitrogens with one attached hydrogen (secondary N) is 1. The molecule has 0 spiro atoms. The van der Waals surface area contributed by atoms with Gasteiger partial charge in [0.25, 0.3) is 0 Å². The van der Waals surface area contributed by atoms with Crippen LogP contribution >= 0.6 is 23.2 Å². The Kier molecular flexibility index (Phi) is 3.80. The summed E-state index contributed by atoms with van der Waals surface area (Å²) < 4.78 is 0. The minimum atomic E-state index is -0.110. The van der Waals surface area contributed by atoms with Crippen molar-refractivity contribution in [2.75, 3.05) is 7.05 Å². The first-order valence-electron chi connectivity index (χ1n) is 2.14. The fourth-order valence-corrected chi connectivity index (χ4v) is 0.356. The van der Waals surface area contributed by atoms with Crippen molar-refractivity contribution >= 4 is 23.2 Å². The average molecular weight is 142 g/mol. The molecule has 0 fully saturated rings. The van der Waals surface area contributed by atoms with Crippen LogP contribution in [0.2, 0.25) is 0 Å². The molecule has 3 heteroatoms. The number of hydrogen-bond donors (Lipinski definition) is 1. The van der Waals surface area contributed by atoms with E-state index < -0.39 is 0 Å². The highest BCUT2D eigenvalue weighted by Crippen LogP contribution is 2.03. The van der Waals surface area contributed by atoms with E-state index >= 15 is 0 Å². The lowest BCUT2D eigenvalue weighted by molar-refractivity contribution is 0.714. The second-order valence-corrected chi connectivity index (χ2v) is 2.53. The summed E-state index contributed by atoms with van der Waals surface area (Å²) in [6.45, 7) is 1.84. The lowest BCUT2D eigenvalue weighted by Gasteiger charge is -2.07. The molecule has 0 heterocycles. The van der Waals surface area contributed by atoms with Crippen LogP contribution in [0.5, 0.6) is 0 Å². The van der Waals surface area contributed by atoms with Gasteiger partial charge in [0, 0.05) is 0 Å². The van der Waals surface area contributed by atoms with Crippen LogP contribution in [0.4, 0.5) is 0 Å². The second-order valence-electron chi connectivity index (χ2n) is 1.37. The van der Waals surface area contributed by atoms with Gasteiger partial charge in [0.05, 0.1) is 10.9 Å². The Hall–Kier alpha value is 0.540. The topological polar surface area (TPSA) is 12.0 Å². The fraction of sp³-hybridized carbons (Fsp3) is 1.00. The van der Waals surface area contributed by atoms with Crippen LogP contribution in [-0.2, 0) is 0 Å². The van der Waals surface area contributed by atoms with Gasteiger partial charge in [-0.1, -0.05) is 0 Å². The maximum absolute atomic E-state index is 5.56. The van der Waals surface area contributed by atoms with E-state index in [4.69, 9.17) is 23.2 Å². The third kappa shape index (κ3) is 3.15. The number of rotatable bonds is 2. The van der Waals surface area contributed by atoms with E-state index in [1.54, 1.807) is 7.05 Å². The fourth-order valence-electron chi connectivity index (χ4n) is 0.230. The summed E-state index contributed by atoms with van der Waals surface area (Å²) in [7, 11) is 1.77. The van der Waals surface area contributed by atoms with Crippen molar-refractivity contribution in [2.45, 2.75) is 17.8 Å². The molecule has 0 saturated heterocycles. The van der Waals surface area contributed by atoms with Crippen LogP contribution in [-0.4, -0.2) is 17.9 Å². The van der Waals surface area contributed by atoms with Crippen LogP contribution in [0.3, 0.4) is 0 Å². The van der Waals surface area contributed by atoms with Crippen molar-refractivity contribution in [1.29, 1.82) is 0 Å². The zero-order chi connectivity index (χ0) is 5.86. The highest BCUT2D eigenvalue weighted by Gasteiger charge is 2.05. The number of hydrogen-bond acceptors (Lipinski definition) is 1. The van der Waals surface area contributed by atoms with Gasteiger partial charge in [0.2, 0.25) is 0 Å². The van der Waals surface area contributed by atoms with E-state index in [1.165, 1.54) is 0 Å². The van der Waals surface area contributed by atoms with E-state index in [9.17, 15) is 0 Å². The third-order valence-electron chi connectivity index (χ3n) is 0.679. The third-order valence-corrected chi connectivity index (χ3v) is 1.66. The molecule has 2 unspecified atom stereocenters. The van der Waals surface area contributed by atoms with Crippen LogP contribution in [0.15, 0.2) is 0 Å². The molecule has 0 aromatic carbocycles. The standard InChI is InChI=1S/C4H9Cl2N/c1-3(5)4(6)7-2/h3-4,7H,1-2H3. The van der Waals surface area contributed by atoms with Crippen molar-refractivity contribution in [3.05, 3.63) is 0 Å². The molecule has 2 atom stereocenters. The van der Waals surface area contributed by atoms with Crippen molar-refractivity contribution in [3.8, 4) is 0 Å². The predicted molar refractivity (Wildman–Crippen MR) is 34.0 cm³/mol. The summed E-state index contributed by atoms with van der Waals surface area (Å²) in [5.41, 5.74) is -0.110. The summed E-state index contributed by atoms with van der Waals surface area (Å²) in [5.74, 6) is 0. The molecular formula is C4H9Cl2N. The molecule has 0 aromatic rings. The molecule has 0 aliphatic rings. The maximum Gasteiger partial charge on any atom is 0.0985 e. The summed E-state index contributed by atoms with van der Waals surface area (Å²) in [5, 5.41) is 2.79. The SMILES string of the molecule is CNC(Cl)C(C)Cl. The van der Waals surface area contributed by atoms with Crippen molar-refractivity contribution < 1.29 is 0 Å². The van der Waals surface area contributed by atoms with Crippen molar-refractivity contribution in [2.24, 2.45) is 0 Å². The van der Waals surface area contributed by atoms with E-state index in [0.29, 0.717) is 0 Å². The van der Waals surface area contributed by atoms with E-state index in [1.807, 2.05) is 6.92 Å². The highest BCUT2D eigenvalue weighted by molar-refractivity contribution is 6.29. The monoisotopic (exact) mass is 141 g/mol. The molecule has 44 valence electrons. The molecule has 1 N–H and O–H groups in total. The predicted octanol–water partition coefficient (Wildman–Crippen LogP) is 1.40. The summed E-state index contributed by atoms with van der Waals surface area (Å²) in [6, 6.07) is 0. The lowest BCUT2D eigenvalue weighted by Crippen LogP contribution is -2.26. The van der Waals surface area contributed by atoms with Gasteiger partial charge < -0.3 is 5.32 Å². The highest BCUT2D eigenvalue weighted by atomic mass is 35.5. The lowest BCUT2D eigenvalue weighted by atomic mass is 10.5. The largest absolute Gasteiger partial charge is 0.303 e. The Balaban J connectivity index is 3.14. The molecule has 0 aliphatic heterocycles.